The number of hydrogen-bond donors (Lipinski definition) is 5. The summed E-state index contributed by atoms with van der Waals surface area (Å²) in [6.07, 6.45) is 1.08. The third-order valence-electron chi connectivity index (χ3n) is 5.90. The fraction of sp³-hybridized carbons (Fsp3) is 0.600. The zero-order valence-corrected chi connectivity index (χ0v) is 23.6. The van der Waals surface area contributed by atoms with Crippen molar-refractivity contribution in [2.75, 3.05) is 18.8 Å². The van der Waals surface area contributed by atoms with Crippen LogP contribution in [-0.2, 0) is 30.8 Å². The van der Waals surface area contributed by atoms with Crippen LogP contribution in [0, 0.1) is 0 Å². The minimum absolute atomic E-state index is 0.0906. The molecule has 0 bridgehead atoms. The Bertz CT molecular complexity index is 1120. The molecule has 1 aromatic carbocycles. The van der Waals surface area contributed by atoms with Crippen molar-refractivity contribution in [2.45, 2.75) is 76.6 Å². The first-order valence-electron chi connectivity index (χ1n) is 12.8. The number of nitrogens with one attached hydrogen (secondary N) is 2. The molecule has 0 saturated carbocycles. The van der Waals surface area contributed by atoms with E-state index in [1.807, 2.05) is 30.3 Å². The highest BCUT2D eigenvalue weighted by Gasteiger charge is 2.39. The number of amides is 3. The van der Waals surface area contributed by atoms with Crippen LogP contribution in [0.2, 0.25) is 0 Å². The van der Waals surface area contributed by atoms with Gasteiger partial charge in [0.15, 0.2) is 5.96 Å². The number of benzene rings is 1. The topological polar surface area (TPSA) is 212 Å². The number of likely N-dealkylation sites (tertiary alicyclic amines) is 1. The van der Waals surface area contributed by atoms with E-state index >= 15 is 0 Å². The average Bonchev–Trinajstić information content (AvgIpc) is 3.29. The second kappa shape index (κ2) is 14.1. The van der Waals surface area contributed by atoms with E-state index in [4.69, 9.17) is 21.3 Å². The van der Waals surface area contributed by atoms with Gasteiger partial charge in [0.05, 0.1) is 5.75 Å². The Morgan fingerprint density at radius 1 is 1.15 bits per heavy atom. The quantitative estimate of drug-likeness (QED) is 0.131. The number of aliphatic imine (C=N–C) groups is 1. The van der Waals surface area contributed by atoms with Crippen LogP contribution in [0.5, 0.6) is 0 Å². The Labute approximate surface area is 229 Å². The SMILES string of the molecule is CC(C)(C)OC(=O)N[C@H](Cc1ccccc1)C(=O)N1CCC[C@H]1C(=O)N[C@@H](CCCN=C(N)N)CS(N)(=O)=O. The lowest BCUT2D eigenvalue weighted by atomic mass is 10.0. The number of alkyl carbamates (subject to hydrolysis) is 1. The van der Waals surface area contributed by atoms with Gasteiger partial charge in [0, 0.05) is 25.6 Å². The fourth-order valence-electron chi connectivity index (χ4n) is 4.32. The third-order valence-corrected chi connectivity index (χ3v) is 6.76. The number of hydrogen-bond acceptors (Lipinski definition) is 7. The summed E-state index contributed by atoms with van der Waals surface area (Å²) in [5, 5.41) is 10.6. The zero-order chi connectivity index (χ0) is 29.2. The van der Waals surface area contributed by atoms with Gasteiger partial charge in [0.2, 0.25) is 21.8 Å². The molecule has 1 aliphatic rings. The summed E-state index contributed by atoms with van der Waals surface area (Å²) < 4.78 is 28.9. The number of carbonyl (C=O) groups is 3. The molecule has 1 fully saturated rings. The maximum atomic E-state index is 13.7. The van der Waals surface area contributed by atoms with Crippen molar-refractivity contribution in [3.63, 3.8) is 0 Å². The highest BCUT2D eigenvalue weighted by Crippen LogP contribution is 2.21. The van der Waals surface area contributed by atoms with E-state index in [1.54, 1.807) is 20.8 Å². The summed E-state index contributed by atoms with van der Waals surface area (Å²) in [5.74, 6) is -1.49. The van der Waals surface area contributed by atoms with Crippen molar-refractivity contribution in [3.05, 3.63) is 35.9 Å². The van der Waals surface area contributed by atoms with Gasteiger partial charge in [-0.2, -0.15) is 0 Å². The van der Waals surface area contributed by atoms with E-state index in [9.17, 15) is 22.8 Å². The molecule has 3 amide bonds. The monoisotopic (exact) mass is 567 g/mol. The number of nitrogens with zero attached hydrogens (tertiary/aromatic N) is 2. The molecular formula is C25H41N7O6S. The molecule has 0 radical (unpaired) electrons. The summed E-state index contributed by atoms with van der Waals surface area (Å²) >= 11 is 0. The molecule has 0 spiro atoms. The maximum absolute atomic E-state index is 13.7. The molecule has 1 aliphatic heterocycles. The minimum Gasteiger partial charge on any atom is -0.444 e. The lowest BCUT2D eigenvalue weighted by Crippen LogP contribution is -2.56. The minimum atomic E-state index is -3.89. The molecular weight excluding hydrogens is 526 g/mol. The van der Waals surface area contributed by atoms with Crippen LogP contribution in [0.1, 0.15) is 52.0 Å². The number of ether oxygens (including phenoxy) is 1. The van der Waals surface area contributed by atoms with Crippen LogP contribution in [-0.4, -0.2) is 79.8 Å². The third kappa shape index (κ3) is 11.9. The highest BCUT2D eigenvalue weighted by molar-refractivity contribution is 7.89. The standard InChI is InChI=1S/C25H41N7O6S/c1-25(2,3)38-24(35)31-19(15-17-9-5-4-6-10-17)22(34)32-14-8-12-20(32)21(33)30-18(16-39(28,36)37)11-7-13-29-23(26)27/h4-6,9-10,18-20H,7-8,11-16H2,1-3H3,(H,30,33)(H,31,35)(H4,26,27,29)(H2,28,36,37)/t18-,19+,20-/m0/s1. The van der Waals surface area contributed by atoms with E-state index in [0.717, 1.165) is 5.56 Å². The Morgan fingerprint density at radius 3 is 2.41 bits per heavy atom. The molecule has 8 N–H and O–H groups in total. The van der Waals surface area contributed by atoms with Crippen molar-refractivity contribution >= 4 is 33.9 Å². The van der Waals surface area contributed by atoms with Gasteiger partial charge >= 0.3 is 6.09 Å². The Balaban J connectivity index is 2.18. The maximum Gasteiger partial charge on any atom is 0.408 e. The second-order valence-electron chi connectivity index (χ2n) is 10.6. The molecule has 0 aromatic heterocycles. The zero-order valence-electron chi connectivity index (χ0n) is 22.8. The Morgan fingerprint density at radius 2 is 1.82 bits per heavy atom. The van der Waals surface area contributed by atoms with E-state index < -0.39 is 57.4 Å². The van der Waals surface area contributed by atoms with Gasteiger partial charge in [-0.25, -0.2) is 18.4 Å². The van der Waals surface area contributed by atoms with Crippen LogP contribution < -0.4 is 27.2 Å². The van der Waals surface area contributed by atoms with Gasteiger partial charge in [0.1, 0.15) is 17.7 Å². The van der Waals surface area contributed by atoms with E-state index in [0.29, 0.717) is 25.8 Å². The van der Waals surface area contributed by atoms with Gasteiger partial charge in [-0.15, -0.1) is 0 Å². The summed E-state index contributed by atoms with van der Waals surface area (Å²) in [7, 11) is -3.89. The number of nitrogens with two attached hydrogens (primary N) is 3. The van der Waals surface area contributed by atoms with Crippen LogP contribution in [0.3, 0.4) is 0 Å². The number of carbonyl (C=O) groups excluding carboxylic acids is 3. The Hall–Kier alpha value is -3.39. The van der Waals surface area contributed by atoms with Crippen LogP contribution in [0.15, 0.2) is 35.3 Å². The molecule has 39 heavy (non-hydrogen) atoms. The van der Waals surface area contributed by atoms with E-state index in [2.05, 4.69) is 15.6 Å². The van der Waals surface area contributed by atoms with Crippen molar-refractivity contribution in [1.82, 2.24) is 15.5 Å². The molecule has 1 aromatic rings. The first-order chi connectivity index (χ1) is 18.1. The van der Waals surface area contributed by atoms with Crippen molar-refractivity contribution in [1.29, 1.82) is 0 Å². The molecule has 0 unspecified atom stereocenters. The largest absolute Gasteiger partial charge is 0.444 e. The number of primary sulfonamides is 1. The van der Waals surface area contributed by atoms with E-state index in [1.165, 1.54) is 4.90 Å². The summed E-state index contributed by atoms with van der Waals surface area (Å²) in [4.78, 5) is 44.8. The predicted octanol–water partition coefficient (Wildman–Crippen LogP) is -0.0597. The van der Waals surface area contributed by atoms with Crippen molar-refractivity contribution in [2.24, 2.45) is 21.6 Å². The molecule has 14 heteroatoms. The van der Waals surface area contributed by atoms with Crippen molar-refractivity contribution < 1.29 is 27.5 Å². The van der Waals surface area contributed by atoms with Crippen LogP contribution in [0.4, 0.5) is 4.79 Å². The molecule has 2 rings (SSSR count). The van der Waals surface area contributed by atoms with E-state index in [-0.39, 0.29) is 25.3 Å². The van der Waals surface area contributed by atoms with Crippen LogP contribution in [0.25, 0.3) is 0 Å². The predicted molar refractivity (Wildman–Crippen MR) is 148 cm³/mol. The number of sulfonamides is 1. The highest BCUT2D eigenvalue weighted by atomic mass is 32.2. The van der Waals surface area contributed by atoms with Crippen LogP contribution >= 0.6 is 0 Å². The smallest absolute Gasteiger partial charge is 0.408 e. The van der Waals surface area contributed by atoms with Gasteiger partial charge in [0.25, 0.3) is 0 Å². The fourth-order valence-corrected chi connectivity index (χ4v) is 5.13. The van der Waals surface area contributed by atoms with Gasteiger partial charge in [-0.3, -0.25) is 14.6 Å². The normalized spacial score (nSPS) is 17.1. The number of rotatable bonds is 12. The summed E-state index contributed by atoms with van der Waals surface area (Å²) in [6.45, 7) is 5.72. The molecule has 218 valence electrons. The summed E-state index contributed by atoms with van der Waals surface area (Å²) in [6, 6.07) is 6.57. The lowest BCUT2D eigenvalue weighted by molar-refractivity contribution is -0.140. The molecule has 1 saturated heterocycles. The van der Waals surface area contributed by atoms with Gasteiger partial charge < -0.3 is 31.7 Å². The molecule has 1 heterocycles. The second-order valence-corrected chi connectivity index (χ2v) is 12.2. The molecule has 3 atom stereocenters. The van der Waals surface area contributed by atoms with Crippen molar-refractivity contribution in [3.8, 4) is 0 Å². The summed E-state index contributed by atoms with van der Waals surface area (Å²) in [5.41, 5.74) is 10.7. The first-order valence-corrected chi connectivity index (χ1v) is 14.6. The average molecular weight is 568 g/mol. The number of guanidine groups is 1. The Kier molecular flexibility index (Phi) is 11.5. The molecule has 0 aliphatic carbocycles. The molecule has 13 nitrogen and oxygen atoms in total. The van der Waals surface area contributed by atoms with Gasteiger partial charge in [-0.05, 0) is 52.0 Å². The van der Waals surface area contributed by atoms with Gasteiger partial charge in [-0.1, -0.05) is 30.3 Å². The first kappa shape index (κ1) is 31.8. The lowest BCUT2D eigenvalue weighted by Gasteiger charge is -2.30.